The molecule has 0 radical (unpaired) electrons. The van der Waals surface area contributed by atoms with E-state index in [-0.39, 0.29) is 24.5 Å². The first-order valence-corrected chi connectivity index (χ1v) is 13.7. The van der Waals surface area contributed by atoms with E-state index >= 15 is 0 Å². The Morgan fingerprint density at radius 3 is 2.27 bits per heavy atom. The van der Waals surface area contributed by atoms with E-state index in [1.807, 2.05) is 0 Å². The van der Waals surface area contributed by atoms with Gasteiger partial charge in [0.05, 0.1) is 11.5 Å². The Balaban J connectivity index is 1.89. The molecule has 0 fully saturated rings. The molecule has 0 aliphatic rings. The quantitative estimate of drug-likeness (QED) is 0.0742. The summed E-state index contributed by atoms with van der Waals surface area (Å²) in [5.41, 5.74) is -3.54. The first-order valence-electron chi connectivity index (χ1n) is 12.1. The summed E-state index contributed by atoms with van der Waals surface area (Å²) in [5.74, 6) is -8.21. The molecule has 18 heteroatoms. The maximum absolute atomic E-state index is 14.9. The number of sulfone groups is 1. The van der Waals surface area contributed by atoms with Crippen LogP contribution < -0.4 is 5.32 Å². The van der Waals surface area contributed by atoms with Gasteiger partial charge in [0.15, 0.2) is 21.5 Å². The summed E-state index contributed by atoms with van der Waals surface area (Å²) in [4.78, 5) is 40.1. The number of benzene rings is 1. The SMILES string of the molecule is Cc1cc(C(=O)NCOCCOC(=O)CC(=O)O)ncc1C(c1c(F)ccc(F)c1F)S(=O)(=O)c1ccc(C(F)(F)F)nc1. The Morgan fingerprint density at radius 2 is 1.68 bits per heavy atom. The molecule has 0 spiro atoms. The molecule has 11 nitrogen and oxygen atoms in total. The second kappa shape index (κ2) is 13.8. The maximum Gasteiger partial charge on any atom is 0.433 e. The van der Waals surface area contributed by atoms with Gasteiger partial charge < -0.3 is 19.9 Å². The Labute approximate surface area is 244 Å². The van der Waals surface area contributed by atoms with E-state index in [2.05, 4.69) is 20.0 Å². The van der Waals surface area contributed by atoms with Crippen LogP contribution in [-0.4, -0.2) is 61.3 Å². The van der Waals surface area contributed by atoms with Gasteiger partial charge >= 0.3 is 18.1 Å². The van der Waals surface area contributed by atoms with E-state index < -0.39 is 91.4 Å². The van der Waals surface area contributed by atoms with Crippen LogP contribution in [0.2, 0.25) is 0 Å². The number of amides is 1. The predicted molar refractivity (Wildman–Crippen MR) is 135 cm³/mol. The molecule has 2 N–H and O–H groups in total. The van der Waals surface area contributed by atoms with Crippen LogP contribution in [0.15, 0.2) is 47.6 Å². The van der Waals surface area contributed by atoms with E-state index in [0.717, 1.165) is 12.3 Å². The van der Waals surface area contributed by atoms with Crippen LogP contribution in [0, 0.1) is 24.4 Å². The van der Waals surface area contributed by atoms with Gasteiger partial charge in [-0.3, -0.25) is 24.4 Å². The van der Waals surface area contributed by atoms with Crippen molar-refractivity contribution in [1.29, 1.82) is 0 Å². The lowest BCUT2D eigenvalue weighted by molar-refractivity contribution is -0.152. The van der Waals surface area contributed by atoms with Crippen LogP contribution >= 0.6 is 0 Å². The molecule has 0 aliphatic carbocycles. The fourth-order valence-corrected chi connectivity index (χ4v) is 5.58. The van der Waals surface area contributed by atoms with E-state index in [4.69, 9.17) is 9.84 Å². The van der Waals surface area contributed by atoms with E-state index in [1.54, 1.807) is 0 Å². The number of carboxylic acid groups (broad SMARTS) is 1. The maximum atomic E-state index is 14.9. The van der Waals surface area contributed by atoms with Crippen molar-refractivity contribution in [2.45, 2.75) is 29.7 Å². The standard InChI is InChI=1S/C26H21F6N3O8S/c1-13-8-18(25(39)35-12-42-6-7-43-21(38)9-20(36)37)33-11-15(13)24(22-16(27)3-4-17(28)23(22)29)44(40,41)14-2-5-19(34-10-14)26(30,31)32/h2-5,8,10-11,24H,6-7,9,12H2,1H3,(H,35,39)(H,36,37). The number of aliphatic carboxylic acids is 1. The van der Waals surface area contributed by atoms with Gasteiger partial charge in [-0.2, -0.15) is 13.2 Å². The molecule has 1 aromatic carbocycles. The number of rotatable bonds is 12. The fraction of sp³-hybridized carbons (Fsp3) is 0.269. The third kappa shape index (κ3) is 8.07. The molecule has 236 valence electrons. The number of carboxylic acids is 1. The number of aromatic nitrogens is 2. The van der Waals surface area contributed by atoms with Crippen molar-refractivity contribution in [2.75, 3.05) is 19.9 Å². The Bertz CT molecular complexity index is 1670. The number of carbonyl (C=O) groups excluding carboxylic acids is 2. The average molecular weight is 650 g/mol. The zero-order valence-electron chi connectivity index (χ0n) is 22.3. The predicted octanol–water partition coefficient (Wildman–Crippen LogP) is 3.51. The van der Waals surface area contributed by atoms with Crippen molar-refractivity contribution >= 4 is 27.7 Å². The zero-order chi connectivity index (χ0) is 32.8. The van der Waals surface area contributed by atoms with Gasteiger partial charge in [0, 0.05) is 18.0 Å². The van der Waals surface area contributed by atoms with Crippen LogP contribution in [-0.2, 0) is 35.1 Å². The second-order valence-electron chi connectivity index (χ2n) is 8.83. The minimum atomic E-state index is -5.03. The molecule has 0 aliphatic heterocycles. The average Bonchev–Trinajstić information content (AvgIpc) is 2.94. The molecule has 2 aromatic heterocycles. The lowest BCUT2D eigenvalue weighted by atomic mass is 10.00. The smallest absolute Gasteiger partial charge is 0.433 e. The highest BCUT2D eigenvalue weighted by molar-refractivity contribution is 7.91. The number of carbonyl (C=O) groups is 3. The molecule has 3 aromatic rings. The number of esters is 1. The first-order chi connectivity index (χ1) is 20.5. The largest absolute Gasteiger partial charge is 0.481 e. The Hall–Kier alpha value is -4.58. The summed E-state index contributed by atoms with van der Waals surface area (Å²) in [6, 6.07) is 2.81. The molecule has 2 heterocycles. The minimum absolute atomic E-state index is 0.0760. The Kier molecular flexibility index (Phi) is 10.6. The third-order valence-corrected chi connectivity index (χ3v) is 7.80. The third-order valence-electron chi connectivity index (χ3n) is 5.79. The normalized spacial score (nSPS) is 12.4. The van der Waals surface area contributed by atoms with Crippen LogP contribution in [0.25, 0.3) is 0 Å². The van der Waals surface area contributed by atoms with Crippen molar-refractivity contribution < 1.29 is 63.7 Å². The number of halogens is 6. The van der Waals surface area contributed by atoms with Crippen LogP contribution in [0.5, 0.6) is 0 Å². The number of nitrogens with zero attached hydrogens (tertiary/aromatic N) is 2. The first kappa shape index (κ1) is 33.9. The summed E-state index contributed by atoms with van der Waals surface area (Å²) in [5, 5.41) is 8.39. The molecule has 0 bridgehead atoms. The number of pyridine rings is 2. The van der Waals surface area contributed by atoms with E-state index in [9.17, 15) is 49.1 Å². The highest BCUT2D eigenvalue weighted by Crippen LogP contribution is 2.40. The Morgan fingerprint density at radius 1 is 1.00 bits per heavy atom. The van der Waals surface area contributed by atoms with Gasteiger partial charge in [-0.1, -0.05) is 0 Å². The van der Waals surface area contributed by atoms with Gasteiger partial charge in [0.2, 0.25) is 0 Å². The molecule has 1 amide bonds. The minimum Gasteiger partial charge on any atom is -0.481 e. The van der Waals surface area contributed by atoms with Gasteiger partial charge in [-0.05, 0) is 48.4 Å². The summed E-state index contributed by atoms with van der Waals surface area (Å²) in [6.45, 7) is 0.277. The van der Waals surface area contributed by atoms with Crippen LogP contribution in [0.1, 0.15) is 44.5 Å². The number of hydrogen-bond acceptors (Lipinski definition) is 9. The van der Waals surface area contributed by atoms with Crippen molar-refractivity contribution in [2.24, 2.45) is 0 Å². The van der Waals surface area contributed by atoms with Crippen LogP contribution in [0.3, 0.4) is 0 Å². The number of ether oxygens (including phenoxy) is 2. The molecule has 3 rings (SSSR count). The monoisotopic (exact) mass is 649 g/mol. The van der Waals surface area contributed by atoms with Gasteiger partial charge in [-0.15, -0.1) is 0 Å². The molecule has 1 atom stereocenters. The topological polar surface area (TPSA) is 162 Å². The highest BCUT2D eigenvalue weighted by Gasteiger charge is 2.39. The highest BCUT2D eigenvalue weighted by atomic mass is 32.2. The van der Waals surface area contributed by atoms with Gasteiger partial charge in [0.1, 0.15) is 42.2 Å². The summed E-state index contributed by atoms with van der Waals surface area (Å²) >= 11 is 0. The van der Waals surface area contributed by atoms with Crippen LogP contribution in [0.4, 0.5) is 26.3 Å². The van der Waals surface area contributed by atoms with Crippen molar-refractivity contribution in [3.8, 4) is 0 Å². The fourth-order valence-electron chi connectivity index (χ4n) is 3.75. The van der Waals surface area contributed by atoms with Crippen molar-refractivity contribution in [3.63, 3.8) is 0 Å². The summed E-state index contributed by atoms with van der Waals surface area (Å²) < 4.78 is 120. The lowest BCUT2D eigenvalue weighted by Crippen LogP contribution is -2.28. The van der Waals surface area contributed by atoms with Crippen molar-refractivity contribution in [1.82, 2.24) is 15.3 Å². The number of aryl methyl sites for hydroxylation is 1. The summed E-state index contributed by atoms with van der Waals surface area (Å²) in [6.07, 6.45) is -4.63. The zero-order valence-corrected chi connectivity index (χ0v) is 23.1. The van der Waals surface area contributed by atoms with Gasteiger partial charge in [0.25, 0.3) is 5.91 Å². The van der Waals surface area contributed by atoms with Crippen molar-refractivity contribution in [3.05, 3.63) is 88.3 Å². The number of hydrogen-bond donors (Lipinski definition) is 2. The van der Waals surface area contributed by atoms with Gasteiger partial charge in [-0.25, -0.2) is 21.6 Å². The molecule has 1 unspecified atom stereocenters. The molecule has 0 saturated heterocycles. The van der Waals surface area contributed by atoms with E-state index in [0.29, 0.717) is 30.5 Å². The van der Waals surface area contributed by atoms with E-state index in [1.165, 1.54) is 6.92 Å². The molecular formula is C26H21F6N3O8S. The summed E-state index contributed by atoms with van der Waals surface area (Å²) in [7, 11) is -5.03. The second-order valence-corrected chi connectivity index (χ2v) is 10.9. The molecule has 44 heavy (non-hydrogen) atoms. The molecule has 0 saturated carbocycles. The lowest BCUT2D eigenvalue weighted by Gasteiger charge is -2.22. The number of alkyl halides is 3. The molecular weight excluding hydrogens is 628 g/mol. The number of nitrogens with one attached hydrogen (secondary N) is 1.